The summed E-state index contributed by atoms with van der Waals surface area (Å²) in [6.07, 6.45) is 0. The van der Waals surface area contributed by atoms with Crippen molar-refractivity contribution in [2.24, 2.45) is 4.99 Å². The Bertz CT molecular complexity index is 1000. The minimum Gasteiger partial charge on any atom is -0.497 e. The van der Waals surface area contributed by atoms with Crippen LogP contribution in [0.15, 0.2) is 53.5 Å². The van der Waals surface area contributed by atoms with Crippen molar-refractivity contribution in [3.8, 4) is 5.75 Å². The molecule has 0 aromatic heterocycles. The lowest BCUT2D eigenvalue weighted by atomic mass is 9.77. The van der Waals surface area contributed by atoms with E-state index in [0.717, 1.165) is 0 Å². The third-order valence-corrected chi connectivity index (χ3v) is 5.43. The van der Waals surface area contributed by atoms with Crippen molar-refractivity contribution in [2.45, 2.75) is 18.1 Å². The molecule has 0 saturated carbocycles. The van der Waals surface area contributed by atoms with Crippen LogP contribution in [0.1, 0.15) is 18.1 Å². The van der Waals surface area contributed by atoms with E-state index in [4.69, 9.17) is 14.2 Å². The van der Waals surface area contributed by atoms with E-state index >= 15 is 0 Å². The van der Waals surface area contributed by atoms with Crippen LogP contribution >= 0.6 is 0 Å². The highest BCUT2D eigenvalue weighted by atomic mass is 16.6. The molecule has 2 aliphatic heterocycles. The molecule has 0 aliphatic carbocycles. The number of para-hydroxylation sites is 1. The van der Waals surface area contributed by atoms with Crippen molar-refractivity contribution >= 4 is 23.5 Å². The summed E-state index contributed by atoms with van der Waals surface area (Å²) in [6, 6.07) is 14.3. The molecule has 2 atom stereocenters. The van der Waals surface area contributed by atoms with Gasteiger partial charge in [-0.3, -0.25) is 4.79 Å². The number of aliphatic imine (C=N–C) groups is 1. The van der Waals surface area contributed by atoms with Crippen LogP contribution in [0.3, 0.4) is 0 Å². The van der Waals surface area contributed by atoms with Gasteiger partial charge in [0.2, 0.25) is 11.4 Å². The first-order chi connectivity index (χ1) is 13.4. The van der Waals surface area contributed by atoms with Crippen molar-refractivity contribution in [1.82, 2.24) is 0 Å². The van der Waals surface area contributed by atoms with E-state index < -0.39 is 17.1 Å². The maximum atomic E-state index is 13.4. The molecule has 7 heteroatoms. The number of likely N-dealkylation sites (N-methyl/N-ethyl adjacent to an activating group) is 1. The zero-order valence-corrected chi connectivity index (χ0v) is 16.1. The third-order valence-electron chi connectivity index (χ3n) is 5.43. The number of nitrogens with zero attached hydrogens (tertiary/aromatic N) is 2. The molecule has 0 saturated heterocycles. The second-order valence-electron chi connectivity index (χ2n) is 6.87. The zero-order valence-electron chi connectivity index (χ0n) is 16.1. The van der Waals surface area contributed by atoms with Gasteiger partial charge >= 0.3 is 5.97 Å². The first kappa shape index (κ1) is 18.0. The second kappa shape index (κ2) is 6.09. The predicted molar refractivity (Wildman–Crippen MR) is 103 cm³/mol. The molecule has 2 aromatic rings. The Labute approximate surface area is 162 Å². The monoisotopic (exact) mass is 380 g/mol. The number of fused-ring (bicyclic) bond motifs is 2. The Kier molecular flexibility index (Phi) is 3.92. The molecule has 2 heterocycles. The molecule has 28 heavy (non-hydrogen) atoms. The second-order valence-corrected chi connectivity index (χ2v) is 6.87. The van der Waals surface area contributed by atoms with Crippen LogP contribution in [0, 0.1) is 0 Å². The SMILES string of the molecule is COC(=O)[C@]1(C)N=C(c2ccc(OC)cc2)O[C@]12C(=O)N(C)c1ccccc12. The van der Waals surface area contributed by atoms with Crippen LogP contribution in [-0.4, -0.2) is 44.6 Å². The maximum Gasteiger partial charge on any atom is 0.338 e. The van der Waals surface area contributed by atoms with E-state index in [1.165, 1.54) is 12.0 Å². The fourth-order valence-corrected chi connectivity index (χ4v) is 3.89. The van der Waals surface area contributed by atoms with Gasteiger partial charge in [0.15, 0.2) is 0 Å². The minimum absolute atomic E-state index is 0.203. The lowest BCUT2D eigenvalue weighted by molar-refractivity contribution is -0.160. The number of amides is 1. The molecule has 4 rings (SSSR count). The van der Waals surface area contributed by atoms with E-state index in [1.807, 2.05) is 12.1 Å². The van der Waals surface area contributed by atoms with E-state index in [9.17, 15) is 9.59 Å². The normalized spacial score (nSPS) is 25.4. The first-order valence-corrected chi connectivity index (χ1v) is 8.78. The number of methoxy groups -OCH3 is 2. The van der Waals surface area contributed by atoms with Crippen molar-refractivity contribution < 1.29 is 23.8 Å². The van der Waals surface area contributed by atoms with E-state index in [1.54, 1.807) is 57.5 Å². The van der Waals surface area contributed by atoms with Crippen LogP contribution in [0.25, 0.3) is 0 Å². The molecule has 1 amide bonds. The van der Waals surface area contributed by atoms with Gasteiger partial charge in [0.05, 0.1) is 19.9 Å². The van der Waals surface area contributed by atoms with E-state index in [2.05, 4.69) is 4.99 Å². The Morgan fingerprint density at radius 3 is 2.43 bits per heavy atom. The van der Waals surface area contributed by atoms with Gasteiger partial charge in [-0.1, -0.05) is 18.2 Å². The molecule has 0 unspecified atom stereocenters. The van der Waals surface area contributed by atoms with Gasteiger partial charge in [0.1, 0.15) is 5.75 Å². The molecule has 1 spiro atoms. The Balaban J connectivity index is 1.91. The van der Waals surface area contributed by atoms with Crippen molar-refractivity contribution in [2.75, 3.05) is 26.2 Å². The molecule has 2 aromatic carbocycles. The average Bonchev–Trinajstić information content (AvgIpc) is 3.17. The minimum atomic E-state index is -1.62. The lowest BCUT2D eigenvalue weighted by Crippen LogP contribution is -2.57. The topological polar surface area (TPSA) is 77.4 Å². The Morgan fingerprint density at radius 1 is 1.11 bits per heavy atom. The van der Waals surface area contributed by atoms with Crippen LogP contribution in [0.5, 0.6) is 5.75 Å². The van der Waals surface area contributed by atoms with Crippen molar-refractivity contribution in [3.05, 3.63) is 59.7 Å². The number of anilines is 1. The quantitative estimate of drug-likeness (QED) is 0.764. The number of ether oxygens (including phenoxy) is 3. The summed E-state index contributed by atoms with van der Waals surface area (Å²) in [6.45, 7) is 1.57. The predicted octanol–water partition coefficient (Wildman–Crippen LogP) is 2.28. The maximum absolute atomic E-state index is 13.4. The summed E-state index contributed by atoms with van der Waals surface area (Å²) in [5.74, 6) is -0.132. The molecule has 2 aliphatic rings. The summed E-state index contributed by atoms with van der Waals surface area (Å²) in [7, 11) is 4.51. The summed E-state index contributed by atoms with van der Waals surface area (Å²) >= 11 is 0. The average molecular weight is 380 g/mol. The van der Waals surface area contributed by atoms with Crippen molar-refractivity contribution in [1.29, 1.82) is 0 Å². The fraction of sp³-hybridized carbons (Fsp3) is 0.286. The zero-order chi connectivity index (χ0) is 20.1. The molecule has 144 valence electrons. The third kappa shape index (κ3) is 2.13. The van der Waals surface area contributed by atoms with Crippen LogP contribution in [-0.2, 0) is 24.7 Å². The van der Waals surface area contributed by atoms with Crippen molar-refractivity contribution in [3.63, 3.8) is 0 Å². The highest BCUT2D eigenvalue weighted by Gasteiger charge is 2.71. The largest absolute Gasteiger partial charge is 0.497 e. The number of benzene rings is 2. The molecule has 0 radical (unpaired) electrons. The Morgan fingerprint density at radius 2 is 1.79 bits per heavy atom. The number of carbonyl (C=O) groups excluding carboxylic acids is 2. The summed E-state index contributed by atoms with van der Waals surface area (Å²) in [5, 5.41) is 0. The van der Waals surface area contributed by atoms with Crippen LogP contribution in [0.2, 0.25) is 0 Å². The standard InChI is InChI=1S/C21H20N2O5/c1-20(19(25)27-4)21(15-7-5-6-8-16(15)23(2)18(21)24)28-17(22-20)13-9-11-14(26-3)12-10-13/h5-12H,1-4H3/t20-,21+/m0/s1. The smallest absolute Gasteiger partial charge is 0.338 e. The number of rotatable bonds is 3. The van der Waals surface area contributed by atoms with Gasteiger partial charge in [0.25, 0.3) is 11.5 Å². The molecule has 0 fully saturated rings. The molecule has 0 N–H and O–H groups in total. The summed E-state index contributed by atoms with van der Waals surface area (Å²) in [4.78, 5) is 32.3. The fourth-order valence-electron chi connectivity index (χ4n) is 3.89. The lowest BCUT2D eigenvalue weighted by Gasteiger charge is -2.33. The summed E-state index contributed by atoms with van der Waals surface area (Å²) < 4.78 is 16.4. The molecular formula is C21H20N2O5. The highest BCUT2D eigenvalue weighted by molar-refractivity contribution is 6.15. The van der Waals surface area contributed by atoms with Gasteiger partial charge in [-0.25, -0.2) is 9.79 Å². The van der Waals surface area contributed by atoms with E-state index in [-0.39, 0.29) is 11.8 Å². The highest BCUT2D eigenvalue weighted by Crippen LogP contribution is 2.53. The van der Waals surface area contributed by atoms with Gasteiger partial charge in [0, 0.05) is 18.2 Å². The van der Waals surface area contributed by atoms with Gasteiger partial charge in [-0.05, 0) is 37.3 Å². The van der Waals surface area contributed by atoms with Gasteiger partial charge in [-0.15, -0.1) is 0 Å². The van der Waals surface area contributed by atoms with Crippen LogP contribution in [0.4, 0.5) is 5.69 Å². The summed E-state index contributed by atoms with van der Waals surface area (Å²) in [5.41, 5.74) is -1.31. The molecule has 7 nitrogen and oxygen atoms in total. The number of hydrogen-bond acceptors (Lipinski definition) is 6. The van der Waals surface area contributed by atoms with E-state index in [0.29, 0.717) is 22.6 Å². The molecule has 0 bridgehead atoms. The number of esters is 1. The van der Waals surface area contributed by atoms with Gasteiger partial charge < -0.3 is 19.1 Å². The molecular weight excluding hydrogens is 360 g/mol. The first-order valence-electron chi connectivity index (χ1n) is 8.78. The van der Waals surface area contributed by atoms with Gasteiger partial charge in [-0.2, -0.15) is 0 Å². The number of carbonyl (C=O) groups is 2. The Hall–Kier alpha value is -3.35. The van der Waals surface area contributed by atoms with Crippen LogP contribution < -0.4 is 9.64 Å². The number of hydrogen-bond donors (Lipinski definition) is 0.